The van der Waals surface area contributed by atoms with Crippen molar-refractivity contribution in [1.29, 1.82) is 0 Å². The summed E-state index contributed by atoms with van der Waals surface area (Å²) >= 11 is 0. The van der Waals surface area contributed by atoms with Gasteiger partial charge in [0.05, 0.1) is 0 Å². The molecular formula is C7H13NNa4O7. The van der Waals surface area contributed by atoms with Crippen molar-refractivity contribution >= 4 is 142 Å². The van der Waals surface area contributed by atoms with Crippen LogP contribution in [-0.2, 0) is 23.9 Å². The van der Waals surface area contributed by atoms with E-state index in [0.29, 0.717) is 0 Å². The maximum absolute atomic E-state index is 10.7. The number of carboxylic acids is 2. The van der Waals surface area contributed by atoms with Crippen LogP contribution in [0, 0.1) is 0 Å². The van der Waals surface area contributed by atoms with Gasteiger partial charge in [0.2, 0.25) is 0 Å². The molecule has 0 unspecified atom stereocenters. The normalized spacial score (nSPS) is 9.11. The Bertz CT molecular complexity index is 312. The molecule has 4 N–H and O–H groups in total. The average Bonchev–Trinajstić information content (AvgIpc) is 2.13. The molecule has 1 atom stereocenters. The van der Waals surface area contributed by atoms with Crippen LogP contribution in [0.4, 0.5) is 0 Å². The zero-order valence-corrected chi connectivity index (χ0v) is 7.50. The Balaban J connectivity index is -0.000000163. The summed E-state index contributed by atoms with van der Waals surface area (Å²) in [5, 5.41) is 16.4. The molecule has 0 radical (unpaired) electrons. The number of rotatable bonds is 4. The van der Waals surface area contributed by atoms with Gasteiger partial charge in [0.15, 0.2) is 0 Å². The average molecular weight is 315 g/mol. The Kier molecular flexibility index (Phi) is 31.3. The SMILES string of the molecule is N[C@@H](CCC(=O)OC(=O)C(=O)O)C(=O)O.[NaH].[NaH].[NaH].[NaH]. The fraction of sp³-hybridized carbons (Fsp3) is 0.429. The number of aliphatic carboxylic acids is 2. The third-order valence-electron chi connectivity index (χ3n) is 1.36. The summed E-state index contributed by atoms with van der Waals surface area (Å²) in [6, 6.07) is -1.25. The van der Waals surface area contributed by atoms with E-state index in [1.165, 1.54) is 0 Å². The molecule has 92 valence electrons. The summed E-state index contributed by atoms with van der Waals surface area (Å²) in [4.78, 5) is 41.2. The molecule has 0 aromatic heterocycles. The van der Waals surface area contributed by atoms with Crippen molar-refractivity contribution in [3.8, 4) is 0 Å². The van der Waals surface area contributed by atoms with E-state index in [0.717, 1.165) is 0 Å². The topological polar surface area (TPSA) is 144 Å². The second-order valence-corrected chi connectivity index (χ2v) is 2.55. The van der Waals surface area contributed by atoms with Crippen molar-refractivity contribution in [2.24, 2.45) is 5.73 Å². The zero-order chi connectivity index (χ0) is 12.0. The van der Waals surface area contributed by atoms with Crippen LogP contribution in [-0.4, -0.2) is 158 Å². The van der Waals surface area contributed by atoms with Gasteiger partial charge in [0, 0.05) is 6.42 Å². The predicted octanol–water partition coefficient (Wildman–Crippen LogP) is -4.26. The van der Waals surface area contributed by atoms with Crippen LogP contribution in [0.3, 0.4) is 0 Å². The minimum atomic E-state index is -1.90. The molecule has 0 saturated heterocycles. The third-order valence-corrected chi connectivity index (χ3v) is 1.36. The third kappa shape index (κ3) is 18.0. The first-order valence-electron chi connectivity index (χ1n) is 3.81. The van der Waals surface area contributed by atoms with E-state index in [4.69, 9.17) is 15.9 Å². The summed E-state index contributed by atoms with van der Waals surface area (Å²) < 4.78 is 3.82. The molecule has 0 amide bonds. The molecular weight excluding hydrogens is 302 g/mol. The summed E-state index contributed by atoms with van der Waals surface area (Å²) in [5.74, 6) is -6.03. The predicted molar refractivity (Wildman–Crippen MR) is 72.2 cm³/mol. The molecule has 0 aromatic carbocycles. The molecule has 0 spiro atoms. The number of ether oxygens (including phenoxy) is 1. The fourth-order valence-corrected chi connectivity index (χ4v) is 0.595. The summed E-state index contributed by atoms with van der Waals surface area (Å²) in [6.45, 7) is 0. The van der Waals surface area contributed by atoms with Gasteiger partial charge in [-0.3, -0.25) is 9.59 Å². The summed E-state index contributed by atoms with van der Waals surface area (Å²) in [7, 11) is 0. The van der Waals surface area contributed by atoms with Gasteiger partial charge in [-0.25, -0.2) is 9.59 Å². The van der Waals surface area contributed by atoms with Gasteiger partial charge < -0.3 is 20.7 Å². The van der Waals surface area contributed by atoms with Crippen LogP contribution < -0.4 is 5.73 Å². The Morgan fingerprint density at radius 2 is 1.42 bits per heavy atom. The standard InChI is InChI=1S/C7H9NO7.4Na.4H/c8-3(5(10)11)1-2-4(9)15-7(14)6(12)13;;;;;;;;/h3H,1-2,8H2,(H,10,11)(H,12,13);;;;;;;;/t3-;;;;;;;;/m0......../s1. The second-order valence-electron chi connectivity index (χ2n) is 2.55. The summed E-state index contributed by atoms with van der Waals surface area (Å²) in [5.41, 5.74) is 5.05. The molecule has 0 heterocycles. The Morgan fingerprint density at radius 1 is 1.00 bits per heavy atom. The van der Waals surface area contributed by atoms with Crippen molar-refractivity contribution in [2.75, 3.05) is 0 Å². The van der Waals surface area contributed by atoms with Crippen molar-refractivity contribution in [3.05, 3.63) is 0 Å². The van der Waals surface area contributed by atoms with Gasteiger partial charge in [0.1, 0.15) is 6.04 Å². The van der Waals surface area contributed by atoms with Crippen molar-refractivity contribution in [2.45, 2.75) is 18.9 Å². The molecule has 12 heteroatoms. The van der Waals surface area contributed by atoms with E-state index in [1.807, 2.05) is 0 Å². The number of hydrogen-bond acceptors (Lipinski definition) is 6. The zero-order valence-electron chi connectivity index (χ0n) is 7.50. The minimum absolute atomic E-state index is 0. The van der Waals surface area contributed by atoms with Crippen LogP contribution in [0.15, 0.2) is 0 Å². The van der Waals surface area contributed by atoms with E-state index in [2.05, 4.69) is 4.74 Å². The number of carbonyl (C=O) groups excluding carboxylic acids is 2. The molecule has 0 aliphatic rings. The van der Waals surface area contributed by atoms with Gasteiger partial charge in [-0.2, -0.15) is 0 Å². The molecule has 0 aliphatic heterocycles. The van der Waals surface area contributed by atoms with Crippen LogP contribution in [0.5, 0.6) is 0 Å². The van der Waals surface area contributed by atoms with E-state index in [1.54, 1.807) is 0 Å². The van der Waals surface area contributed by atoms with Crippen LogP contribution in [0.2, 0.25) is 0 Å². The number of nitrogens with two attached hydrogens (primary N) is 1. The van der Waals surface area contributed by atoms with E-state index >= 15 is 0 Å². The fourth-order valence-electron chi connectivity index (χ4n) is 0.595. The molecule has 0 aromatic rings. The molecule has 0 fully saturated rings. The van der Waals surface area contributed by atoms with Gasteiger partial charge >= 0.3 is 142 Å². The van der Waals surface area contributed by atoms with Gasteiger partial charge in [-0.1, -0.05) is 0 Å². The van der Waals surface area contributed by atoms with Crippen LogP contribution in [0.25, 0.3) is 0 Å². The number of esters is 2. The Labute approximate surface area is 197 Å². The number of carboxylic acid groups (broad SMARTS) is 2. The molecule has 0 rings (SSSR count). The van der Waals surface area contributed by atoms with Gasteiger partial charge in [0.25, 0.3) is 0 Å². The van der Waals surface area contributed by atoms with Crippen LogP contribution >= 0.6 is 0 Å². The first-order chi connectivity index (χ1) is 6.84. The second kappa shape index (κ2) is 18.1. The van der Waals surface area contributed by atoms with E-state index < -0.39 is 36.3 Å². The molecule has 0 bridgehead atoms. The van der Waals surface area contributed by atoms with E-state index in [-0.39, 0.29) is 125 Å². The van der Waals surface area contributed by atoms with Crippen LogP contribution in [0.1, 0.15) is 12.8 Å². The van der Waals surface area contributed by atoms with Crippen molar-refractivity contribution in [3.63, 3.8) is 0 Å². The Morgan fingerprint density at radius 3 is 1.74 bits per heavy atom. The molecule has 0 saturated carbocycles. The van der Waals surface area contributed by atoms with Gasteiger partial charge in [-0.05, 0) is 6.42 Å². The monoisotopic (exact) mass is 315 g/mol. The molecule has 19 heavy (non-hydrogen) atoms. The first-order valence-corrected chi connectivity index (χ1v) is 3.81. The summed E-state index contributed by atoms with van der Waals surface area (Å²) in [6.07, 6.45) is -0.673. The molecule has 8 nitrogen and oxygen atoms in total. The van der Waals surface area contributed by atoms with Gasteiger partial charge in [-0.15, -0.1) is 0 Å². The number of hydrogen-bond donors (Lipinski definition) is 3. The maximum atomic E-state index is 10.7. The number of carbonyl (C=O) groups is 4. The van der Waals surface area contributed by atoms with E-state index in [9.17, 15) is 19.2 Å². The van der Waals surface area contributed by atoms with Crippen molar-refractivity contribution in [1.82, 2.24) is 0 Å². The first kappa shape index (κ1) is 32.8. The van der Waals surface area contributed by atoms with Crippen molar-refractivity contribution < 1.29 is 34.1 Å². The quantitative estimate of drug-likeness (QED) is 0.205. The molecule has 0 aliphatic carbocycles. The Hall–Kier alpha value is 2.04.